The average Bonchev–Trinajstić information content (AvgIpc) is 1.93. The number of hydrogen-bond donors (Lipinski definition) is 1. The van der Waals surface area contributed by atoms with Crippen LogP contribution >= 0.6 is 0 Å². The highest BCUT2D eigenvalue weighted by Gasteiger charge is 1.97. The van der Waals surface area contributed by atoms with E-state index in [-0.39, 0.29) is 5.91 Å². The largest absolute Gasteiger partial charge is 0.325 e. The van der Waals surface area contributed by atoms with Gasteiger partial charge in [-0.3, -0.25) is 9.78 Å². The molecule has 3 heteroatoms. The Balaban J connectivity index is 2.86. The highest BCUT2D eigenvalue weighted by molar-refractivity contribution is 5.89. The van der Waals surface area contributed by atoms with E-state index in [0.29, 0.717) is 0 Å². The van der Waals surface area contributed by atoms with Gasteiger partial charge in [-0.15, -0.1) is 0 Å². The maximum absolute atomic E-state index is 10.6. The normalized spacial score (nSPS) is 9.27. The number of hydrogen-bond acceptors (Lipinski definition) is 2. The van der Waals surface area contributed by atoms with E-state index in [2.05, 4.69) is 10.3 Å². The summed E-state index contributed by atoms with van der Waals surface area (Å²) in [4.78, 5) is 14.6. The molecule has 0 aliphatic carbocycles. The van der Waals surface area contributed by atoms with Gasteiger partial charge >= 0.3 is 0 Å². The molecule has 0 spiro atoms. The Morgan fingerprint density at radius 3 is 2.91 bits per heavy atom. The molecule has 0 fully saturated rings. The van der Waals surface area contributed by atoms with Crippen LogP contribution in [0.25, 0.3) is 0 Å². The van der Waals surface area contributed by atoms with E-state index in [0.717, 1.165) is 11.4 Å². The second-order valence-corrected chi connectivity index (χ2v) is 2.32. The van der Waals surface area contributed by atoms with Crippen molar-refractivity contribution < 1.29 is 4.79 Å². The van der Waals surface area contributed by atoms with Crippen molar-refractivity contribution in [3.8, 4) is 0 Å². The van der Waals surface area contributed by atoms with Crippen molar-refractivity contribution >= 4 is 11.6 Å². The van der Waals surface area contributed by atoms with E-state index in [9.17, 15) is 4.79 Å². The van der Waals surface area contributed by atoms with E-state index in [1.807, 2.05) is 13.0 Å². The molecule has 1 aromatic heterocycles. The van der Waals surface area contributed by atoms with Gasteiger partial charge in [-0.1, -0.05) is 0 Å². The molecule has 0 aromatic carbocycles. The van der Waals surface area contributed by atoms with E-state index < -0.39 is 0 Å². The van der Waals surface area contributed by atoms with Crippen molar-refractivity contribution in [1.29, 1.82) is 0 Å². The lowest BCUT2D eigenvalue weighted by molar-refractivity contribution is -0.114. The molecule has 0 saturated heterocycles. The second kappa shape index (κ2) is 3.14. The number of anilines is 1. The lowest BCUT2D eigenvalue weighted by atomic mass is 10.3. The summed E-state index contributed by atoms with van der Waals surface area (Å²) in [5.74, 6) is -0.0684. The van der Waals surface area contributed by atoms with Gasteiger partial charge in [0.25, 0.3) is 0 Å². The Morgan fingerprint density at radius 1 is 1.64 bits per heavy atom. The van der Waals surface area contributed by atoms with Gasteiger partial charge in [0.2, 0.25) is 5.91 Å². The topological polar surface area (TPSA) is 42.0 Å². The van der Waals surface area contributed by atoms with Crippen molar-refractivity contribution in [2.45, 2.75) is 13.8 Å². The molecule has 0 bridgehead atoms. The fourth-order valence-corrected chi connectivity index (χ4v) is 0.806. The van der Waals surface area contributed by atoms with Crippen LogP contribution in [0.3, 0.4) is 0 Å². The zero-order chi connectivity index (χ0) is 8.27. The number of amides is 1. The summed E-state index contributed by atoms with van der Waals surface area (Å²) < 4.78 is 0. The molecular formula is C8H10N2O. The fraction of sp³-hybridized carbons (Fsp3) is 0.250. The van der Waals surface area contributed by atoms with Crippen LogP contribution in [0, 0.1) is 6.92 Å². The number of nitrogens with zero attached hydrogens (tertiary/aromatic N) is 1. The van der Waals surface area contributed by atoms with Crippen LogP contribution in [0.15, 0.2) is 18.3 Å². The first-order chi connectivity index (χ1) is 5.20. The maximum Gasteiger partial charge on any atom is 0.221 e. The van der Waals surface area contributed by atoms with Crippen LogP contribution in [0.4, 0.5) is 5.69 Å². The van der Waals surface area contributed by atoms with E-state index in [1.54, 1.807) is 12.3 Å². The van der Waals surface area contributed by atoms with Crippen LogP contribution in [0.2, 0.25) is 0 Å². The molecule has 1 aromatic rings. The van der Waals surface area contributed by atoms with Crippen LogP contribution in [0.5, 0.6) is 0 Å². The molecule has 1 N–H and O–H groups in total. The molecular weight excluding hydrogens is 140 g/mol. The molecule has 3 nitrogen and oxygen atoms in total. The summed E-state index contributed by atoms with van der Waals surface area (Å²) in [6, 6.07) is 3.61. The monoisotopic (exact) mass is 150 g/mol. The number of pyridine rings is 1. The van der Waals surface area contributed by atoms with Crippen molar-refractivity contribution in [1.82, 2.24) is 4.98 Å². The van der Waals surface area contributed by atoms with Crippen LogP contribution in [-0.4, -0.2) is 10.9 Å². The summed E-state index contributed by atoms with van der Waals surface area (Å²) in [6.07, 6.45) is 1.70. The Bertz CT molecular complexity index is 271. The minimum Gasteiger partial charge on any atom is -0.325 e. The second-order valence-electron chi connectivity index (χ2n) is 2.32. The summed E-state index contributed by atoms with van der Waals surface area (Å²) in [5, 5.41) is 2.67. The lowest BCUT2D eigenvalue weighted by Gasteiger charge is -2.02. The summed E-state index contributed by atoms with van der Waals surface area (Å²) in [6.45, 7) is 3.33. The maximum atomic E-state index is 10.6. The predicted octanol–water partition coefficient (Wildman–Crippen LogP) is 1.35. The predicted molar refractivity (Wildman–Crippen MR) is 43.3 cm³/mol. The van der Waals surface area contributed by atoms with Crippen molar-refractivity contribution in [3.05, 3.63) is 24.0 Å². The third-order valence-corrected chi connectivity index (χ3v) is 1.32. The smallest absolute Gasteiger partial charge is 0.221 e. The Labute approximate surface area is 65.5 Å². The van der Waals surface area contributed by atoms with Gasteiger partial charge in [0.15, 0.2) is 0 Å². The molecule has 58 valence electrons. The third kappa shape index (κ3) is 2.04. The van der Waals surface area contributed by atoms with Crippen molar-refractivity contribution in [2.75, 3.05) is 5.32 Å². The number of nitrogens with one attached hydrogen (secondary N) is 1. The van der Waals surface area contributed by atoms with Gasteiger partial charge < -0.3 is 5.32 Å². The van der Waals surface area contributed by atoms with Crippen LogP contribution < -0.4 is 5.32 Å². The van der Waals surface area contributed by atoms with Gasteiger partial charge in [-0.25, -0.2) is 0 Å². The number of carbonyl (C=O) groups excluding carboxylic acids is 1. The van der Waals surface area contributed by atoms with Gasteiger partial charge in [-0.05, 0) is 19.1 Å². The first-order valence-corrected chi connectivity index (χ1v) is 3.39. The van der Waals surface area contributed by atoms with Crippen LogP contribution in [0.1, 0.15) is 12.6 Å². The van der Waals surface area contributed by atoms with E-state index in [1.165, 1.54) is 6.92 Å². The summed E-state index contributed by atoms with van der Waals surface area (Å²) >= 11 is 0. The highest BCUT2D eigenvalue weighted by atomic mass is 16.1. The minimum atomic E-state index is -0.0684. The summed E-state index contributed by atoms with van der Waals surface area (Å²) in [5.41, 5.74) is 1.61. The first-order valence-electron chi connectivity index (χ1n) is 3.39. The van der Waals surface area contributed by atoms with Crippen LogP contribution in [-0.2, 0) is 4.79 Å². The summed E-state index contributed by atoms with van der Waals surface area (Å²) in [7, 11) is 0. The first kappa shape index (κ1) is 7.72. The quantitative estimate of drug-likeness (QED) is 0.656. The van der Waals surface area contributed by atoms with E-state index >= 15 is 0 Å². The van der Waals surface area contributed by atoms with Gasteiger partial charge in [-0.2, -0.15) is 0 Å². The number of aromatic nitrogens is 1. The molecule has 11 heavy (non-hydrogen) atoms. The molecule has 0 aliphatic heterocycles. The lowest BCUT2D eigenvalue weighted by Crippen LogP contribution is -2.07. The van der Waals surface area contributed by atoms with Crippen molar-refractivity contribution in [3.63, 3.8) is 0 Å². The molecule has 1 rings (SSSR count). The van der Waals surface area contributed by atoms with E-state index in [4.69, 9.17) is 0 Å². The Morgan fingerprint density at radius 2 is 2.36 bits per heavy atom. The Kier molecular flexibility index (Phi) is 2.21. The highest BCUT2D eigenvalue weighted by Crippen LogP contribution is 2.09. The molecule has 0 unspecified atom stereocenters. The van der Waals surface area contributed by atoms with Gasteiger partial charge in [0.05, 0.1) is 11.4 Å². The molecule has 1 amide bonds. The molecule has 0 radical (unpaired) electrons. The van der Waals surface area contributed by atoms with Gasteiger partial charge in [0, 0.05) is 13.1 Å². The molecule has 0 aliphatic rings. The van der Waals surface area contributed by atoms with Crippen molar-refractivity contribution in [2.24, 2.45) is 0 Å². The Hall–Kier alpha value is -1.38. The zero-order valence-electron chi connectivity index (χ0n) is 6.59. The zero-order valence-corrected chi connectivity index (χ0v) is 6.59. The number of rotatable bonds is 1. The number of carbonyl (C=O) groups is 1. The SMILES string of the molecule is CC(=O)Nc1cccnc1C. The van der Waals surface area contributed by atoms with Gasteiger partial charge in [0.1, 0.15) is 0 Å². The fourth-order valence-electron chi connectivity index (χ4n) is 0.806. The average molecular weight is 150 g/mol. The standard InChI is InChI=1S/C8H10N2O/c1-6-8(10-7(2)11)4-3-5-9-6/h3-5H,1-2H3,(H,10,11). The molecule has 0 saturated carbocycles. The molecule has 0 atom stereocenters. The third-order valence-electron chi connectivity index (χ3n) is 1.32. The molecule has 1 heterocycles. The minimum absolute atomic E-state index is 0.0684. The number of aryl methyl sites for hydroxylation is 1.